The number of benzene rings is 1. The Morgan fingerprint density at radius 1 is 1.42 bits per heavy atom. The van der Waals surface area contributed by atoms with Crippen molar-refractivity contribution < 1.29 is 8.42 Å². The standard InChI is InChI=1S/C13H22N2O2S2/c1-4-12(9-18-3)15-10(2)11-6-5-7-13(8-11)19(14,16)17/h5-8,10,12,15H,4,9H2,1-3H3,(H2,14,16,17). The van der Waals surface area contributed by atoms with Crippen molar-refractivity contribution in [2.24, 2.45) is 5.14 Å². The first kappa shape index (κ1) is 16.5. The molecule has 1 aromatic carbocycles. The first-order chi connectivity index (χ1) is 8.88. The average Bonchev–Trinajstić information content (AvgIpc) is 2.37. The van der Waals surface area contributed by atoms with E-state index in [0.717, 1.165) is 17.7 Å². The highest BCUT2D eigenvalue weighted by atomic mass is 32.2. The van der Waals surface area contributed by atoms with Crippen LogP contribution in [-0.4, -0.2) is 26.5 Å². The molecule has 1 aromatic rings. The van der Waals surface area contributed by atoms with E-state index in [4.69, 9.17) is 5.14 Å². The first-order valence-electron chi connectivity index (χ1n) is 6.26. The van der Waals surface area contributed by atoms with E-state index >= 15 is 0 Å². The molecule has 1 rings (SSSR count). The first-order valence-corrected chi connectivity index (χ1v) is 9.20. The minimum absolute atomic E-state index is 0.0961. The topological polar surface area (TPSA) is 72.2 Å². The van der Waals surface area contributed by atoms with Crippen LogP contribution in [0.2, 0.25) is 0 Å². The van der Waals surface area contributed by atoms with Crippen molar-refractivity contribution in [2.75, 3.05) is 12.0 Å². The fourth-order valence-corrected chi connectivity index (χ4v) is 3.20. The summed E-state index contributed by atoms with van der Waals surface area (Å²) < 4.78 is 22.7. The molecule has 2 atom stereocenters. The summed E-state index contributed by atoms with van der Waals surface area (Å²) in [5, 5.41) is 8.66. The zero-order valence-corrected chi connectivity index (χ0v) is 13.2. The second-order valence-corrected chi connectivity index (χ2v) is 7.04. The molecule has 0 radical (unpaired) electrons. The van der Waals surface area contributed by atoms with E-state index in [1.165, 1.54) is 6.07 Å². The van der Waals surface area contributed by atoms with Crippen LogP contribution in [0.15, 0.2) is 29.2 Å². The van der Waals surface area contributed by atoms with Crippen molar-refractivity contribution in [3.63, 3.8) is 0 Å². The molecule has 0 aromatic heterocycles. The second-order valence-electron chi connectivity index (χ2n) is 4.57. The van der Waals surface area contributed by atoms with Gasteiger partial charge in [0.1, 0.15) is 0 Å². The van der Waals surface area contributed by atoms with E-state index in [1.807, 2.05) is 13.0 Å². The number of rotatable bonds is 7. The SMILES string of the molecule is CCC(CSC)NC(C)c1cccc(S(N)(=O)=O)c1. The predicted octanol–water partition coefficient (Wildman–Crippen LogP) is 2.13. The molecule has 0 aliphatic carbocycles. The van der Waals surface area contributed by atoms with Gasteiger partial charge in [0.05, 0.1) is 4.90 Å². The summed E-state index contributed by atoms with van der Waals surface area (Å²) in [7, 11) is -3.63. The Balaban J connectivity index is 2.85. The van der Waals surface area contributed by atoms with Crippen molar-refractivity contribution in [1.29, 1.82) is 0 Å². The molecule has 0 saturated heterocycles. The minimum Gasteiger partial charge on any atom is -0.307 e. The molecule has 0 fully saturated rings. The van der Waals surface area contributed by atoms with Crippen molar-refractivity contribution in [3.05, 3.63) is 29.8 Å². The van der Waals surface area contributed by atoms with E-state index < -0.39 is 10.0 Å². The van der Waals surface area contributed by atoms with E-state index in [0.29, 0.717) is 6.04 Å². The molecular formula is C13H22N2O2S2. The number of nitrogens with one attached hydrogen (secondary N) is 1. The van der Waals surface area contributed by atoms with Crippen LogP contribution in [0.25, 0.3) is 0 Å². The van der Waals surface area contributed by atoms with Gasteiger partial charge >= 0.3 is 0 Å². The summed E-state index contributed by atoms with van der Waals surface area (Å²) >= 11 is 1.80. The lowest BCUT2D eigenvalue weighted by Gasteiger charge is -2.22. The van der Waals surface area contributed by atoms with Crippen molar-refractivity contribution in [2.45, 2.75) is 37.2 Å². The summed E-state index contributed by atoms with van der Waals surface area (Å²) in [6, 6.07) is 7.31. The molecular weight excluding hydrogens is 280 g/mol. The second kappa shape index (κ2) is 7.28. The number of thioether (sulfide) groups is 1. The Hall–Kier alpha value is -0.560. The van der Waals surface area contributed by atoms with Gasteiger partial charge in [-0.3, -0.25) is 0 Å². The van der Waals surface area contributed by atoms with Crippen molar-refractivity contribution >= 4 is 21.8 Å². The molecule has 0 aliphatic heterocycles. The monoisotopic (exact) mass is 302 g/mol. The largest absolute Gasteiger partial charge is 0.307 e. The number of sulfonamides is 1. The average molecular weight is 302 g/mol. The molecule has 2 unspecified atom stereocenters. The van der Waals surface area contributed by atoms with E-state index in [9.17, 15) is 8.42 Å². The predicted molar refractivity (Wildman–Crippen MR) is 81.8 cm³/mol. The third-order valence-corrected chi connectivity index (χ3v) is 4.68. The summed E-state index contributed by atoms with van der Waals surface area (Å²) in [4.78, 5) is 0.163. The van der Waals surface area contributed by atoms with Crippen molar-refractivity contribution in [3.8, 4) is 0 Å². The van der Waals surface area contributed by atoms with Crippen LogP contribution in [0.1, 0.15) is 31.9 Å². The highest BCUT2D eigenvalue weighted by Gasteiger charge is 2.14. The summed E-state index contributed by atoms with van der Waals surface area (Å²) in [6.07, 6.45) is 3.12. The molecule has 0 spiro atoms. The van der Waals surface area contributed by atoms with Crippen LogP contribution in [0, 0.1) is 0 Å². The van der Waals surface area contributed by atoms with Gasteiger partial charge in [-0.25, -0.2) is 13.6 Å². The quantitative estimate of drug-likeness (QED) is 0.809. The summed E-state index contributed by atoms with van der Waals surface area (Å²) in [5.74, 6) is 1.04. The summed E-state index contributed by atoms with van der Waals surface area (Å²) in [6.45, 7) is 4.17. The van der Waals surface area contributed by atoms with Gasteiger partial charge in [-0.15, -0.1) is 0 Å². The fourth-order valence-electron chi connectivity index (χ4n) is 1.90. The maximum atomic E-state index is 11.3. The van der Waals surface area contributed by atoms with Crippen LogP contribution in [0.4, 0.5) is 0 Å². The lowest BCUT2D eigenvalue weighted by atomic mass is 10.1. The molecule has 108 valence electrons. The highest BCUT2D eigenvalue weighted by Crippen LogP contribution is 2.18. The van der Waals surface area contributed by atoms with Gasteiger partial charge in [0.15, 0.2) is 0 Å². The Kier molecular flexibility index (Phi) is 6.32. The van der Waals surface area contributed by atoms with E-state index in [2.05, 4.69) is 18.5 Å². The van der Waals surface area contributed by atoms with Gasteiger partial charge < -0.3 is 5.32 Å². The molecule has 6 heteroatoms. The van der Waals surface area contributed by atoms with Crippen molar-refractivity contribution in [1.82, 2.24) is 5.32 Å². The van der Waals surface area contributed by atoms with Crippen LogP contribution >= 0.6 is 11.8 Å². The van der Waals surface area contributed by atoms with E-state index in [-0.39, 0.29) is 10.9 Å². The molecule has 0 saturated carbocycles. The third-order valence-electron chi connectivity index (χ3n) is 3.03. The molecule has 0 heterocycles. The molecule has 0 aliphatic rings. The van der Waals surface area contributed by atoms with Crippen LogP contribution < -0.4 is 10.5 Å². The van der Waals surface area contributed by atoms with Crippen LogP contribution in [0.3, 0.4) is 0 Å². The number of hydrogen-bond acceptors (Lipinski definition) is 4. The van der Waals surface area contributed by atoms with Gasteiger partial charge in [-0.1, -0.05) is 19.1 Å². The zero-order chi connectivity index (χ0) is 14.5. The molecule has 4 nitrogen and oxygen atoms in total. The molecule has 0 bridgehead atoms. The van der Waals surface area contributed by atoms with Gasteiger partial charge in [-0.05, 0) is 37.3 Å². The van der Waals surface area contributed by atoms with Gasteiger partial charge in [0, 0.05) is 17.8 Å². The normalized spacial score (nSPS) is 15.2. The molecule has 0 amide bonds. The zero-order valence-electron chi connectivity index (χ0n) is 11.6. The maximum Gasteiger partial charge on any atom is 0.238 e. The lowest BCUT2D eigenvalue weighted by molar-refractivity contribution is 0.474. The number of nitrogens with two attached hydrogens (primary N) is 1. The van der Waals surface area contributed by atoms with Crippen LogP contribution in [-0.2, 0) is 10.0 Å². The Bertz CT molecular complexity index is 503. The van der Waals surface area contributed by atoms with E-state index in [1.54, 1.807) is 23.9 Å². The molecule has 19 heavy (non-hydrogen) atoms. The Morgan fingerprint density at radius 2 is 2.11 bits per heavy atom. The summed E-state index contributed by atoms with van der Waals surface area (Å²) in [5.41, 5.74) is 0.936. The smallest absolute Gasteiger partial charge is 0.238 e. The Morgan fingerprint density at radius 3 is 2.63 bits per heavy atom. The minimum atomic E-state index is -3.63. The fraction of sp³-hybridized carbons (Fsp3) is 0.538. The molecule has 3 N–H and O–H groups in total. The van der Waals surface area contributed by atoms with Gasteiger partial charge in [0.2, 0.25) is 10.0 Å². The van der Waals surface area contributed by atoms with Crippen LogP contribution in [0.5, 0.6) is 0 Å². The number of primary sulfonamides is 1. The number of hydrogen-bond donors (Lipinski definition) is 2. The lowest BCUT2D eigenvalue weighted by Crippen LogP contribution is -2.33. The maximum absolute atomic E-state index is 11.3. The highest BCUT2D eigenvalue weighted by molar-refractivity contribution is 7.98. The van der Waals surface area contributed by atoms with Gasteiger partial charge in [0.25, 0.3) is 0 Å². The van der Waals surface area contributed by atoms with Gasteiger partial charge in [-0.2, -0.15) is 11.8 Å². The Labute approximate surface area is 120 Å². The third kappa shape index (κ3) is 5.14.